The van der Waals surface area contributed by atoms with E-state index in [-0.39, 0.29) is 16.8 Å². The molecule has 1 aromatic heterocycles. The second kappa shape index (κ2) is 5.48. The van der Waals surface area contributed by atoms with Gasteiger partial charge in [0, 0.05) is 11.8 Å². The number of halogens is 3. The summed E-state index contributed by atoms with van der Waals surface area (Å²) in [7, 11) is -4.20. The van der Waals surface area contributed by atoms with Gasteiger partial charge in [-0.05, 0) is 31.2 Å². The maximum Gasteiger partial charge on any atom is 0.416 e. The Morgan fingerprint density at radius 2 is 1.86 bits per heavy atom. The first-order chi connectivity index (χ1) is 10.1. The Hall–Kier alpha value is -2.29. The predicted octanol–water partition coefficient (Wildman–Crippen LogP) is 2.50. The van der Waals surface area contributed by atoms with Crippen molar-refractivity contribution in [2.24, 2.45) is 0 Å². The Kier molecular flexibility index (Phi) is 4.01. The maximum absolute atomic E-state index is 12.6. The van der Waals surface area contributed by atoms with Crippen LogP contribution in [0.2, 0.25) is 0 Å². The molecule has 2 rings (SSSR count). The summed E-state index contributed by atoms with van der Waals surface area (Å²) in [6.07, 6.45) is -3.51. The fourth-order valence-electron chi connectivity index (χ4n) is 1.71. The number of rotatable bonds is 3. The summed E-state index contributed by atoms with van der Waals surface area (Å²) < 4.78 is 64.2. The zero-order chi connectivity index (χ0) is 16.5. The molecule has 0 saturated carbocycles. The normalized spacial score (nSPS) is 12.2. The number of sulfonamides is 1. The topological polar surface area (TPSA) is 79.0 Å². The molecule has 0 spiro atoms. The lowest BCUT2D eigenvalue weighted by molar-refractivity contribution is -0.137. The first kappa shape index (κ1) is 16.1. The van der Waals surface area contributed by atoms with Crippen molar-refractivity contribution < 1.29 is 21.6 Å². The van der Waals surface area contributed by atoms with Crippen molar-refractivity contribution in [2.75, 3.05) is 4.72 Å². The molecular weight excluding hydrogens is 321 g/mol. The molecule has 5 nitrogen and oxygen atoms in total. The lowest BCUT2D eigenvalue weighted by Crippen LogP contribution is -2.16. The van der Waals surface area contributed by atoms with Gasteiger partial charge in [0.1, 0.15) is 0 Å². The van der Waals surface area contributed by atoms with Crippen LogP contribution in [0, 0.1) is 6.92 Å². The minimum absolute atomic E-state index is 0.0505. The van der Waals surface area contributed by atoms with E-state index < -0.39 is 26.7 Å². The van der Waals surface area contributed by atoms with Crippen molar-refractivity contribution in [3.63, 3.8) is 0 Å². The zero-order valence-electron chi connectivity index (χ0n) is 11.2. The molecule has 0 aliphatic carbocycles. The number of anilines is 1. The number of aromatic nitrogens is 1. The number of benzene rings is 1. The molecule has 2 N–H and O–H groups in total. The van der Waals surface area contributed by atoms with E-state index in [0.29, 0.717) is 6.07 Å². The summed E-state index contributed by atoms with van der Waals surface area (Å²) in [6, 6.07) is 4.67. The second-order valence-corrected chi connectivity index (χ2v) is 6.21. The molecule has 22 heavy (non-hydrogen) atoms. The Bertz CT molecular complexity index is 857. The molecule has 118 valence electrons. The molecule has 9 heteroatoms. The average molecular weight is 332 g/mol. The summed E-state index contributed by atoms with van der Waals surface area (Å²) in [5, 5.41) is 0. The van der Waals surface area contributed by atoms with Crippen LogP contribution in [0.25, 0.3) is 0 Å². The minimum atomic E-state index is -4.64. The summed E-state index contributed by atoms with van der Waals surface area (Å²) in [5.74, 6) is 0. The van der Waals surface area contributed by atoms with E-state index in [2.05, 4.69) is 9.71 Å². The van der Waals surface area contributed by atoms with Crippen molar-refractivity contribution in [3.05, 3.63) is 58.0 Å². The third-order valence-electron chi connectivity index (χ3n) is 2.81. The Morgan fingerprint density at radius 1 is 1.18 bits per heavy atom. The van der Waals surface area contributed by atoms with Gasteiger partial charge in [0.25, 0.3) is 15.6 Å². The quantitative estimate of drug-likeness (QED) is 0.906. The van der Waals surface area contributed by atoms with Gasteiger partial charge >= 0.3 is 6.18 Å². The molecule has 0 aliphatic heterocycles. The molecule has 0 radical (unpaired) electrons. The largest absolute Gasteiger partial charge is 0.416 e. The number of pyridine rings is 1. The highest BCUT2D eigenvalue weighted by Gasteiger charge is 2.31. The van der Waals surface area contributed by atoms with Crippen LogP contribution < -0.4 is 10.3 Å². The van der Waals surface area contributed by atoms with Crippen LogP contribution in [0.4, 0.5) is 18.9 Å². The number of H-pyrrole nitrogens is 1. The average Bonchev–Trinajstić information content (AvgIpc) is 2.42. The smallest absolute Gasteiger partial charge is 0.327 e. The van der Waals surface area contributed by atoms with Crippen LogP contribution in [0.1, 0.15) is 11.1 Å². The van der Waals surface area contributed by atoms with Crippen LogP contribution >= 0.6 is 0 Å². The maximum atomic E-state index is 12.6. The Labute approximate surface area is 123 Å². The predicted molar refractivity (Wildman–Crippen MR) is 74.1 cm³/mol. The van der Waals surface area contributed by atoms with Crippen LogP contribution in [0.15, 0.2) is 46.2 Å². The summed E-state index contributed by atoms with van der Waals surface area (Å²) in [5.41, 5.74) is -1.13. The molecule has 0 unspecified atom stereocenters. The van der Waals surface area contributed by atoms with Crippen molar-refractivity contribution in [1.82, 2.24) is 4.98 Å². The SMILES string of the molecule is Cc1cc(NS(=O)(=O)c2cccc(C(F)(F)F)c2)c[nH]c1=O. The highest BCUT2D eigenvalue weighted by molar-refractivity contribution is 7.92. The van der Waals surface area contributed by atoms with Gasteiger partial charge in [-0.1, -0.05) is 6.07 Å². The van der Waals surface area contributed by atoms with Crippen molar-refractivity contribution in [2.45, 2.75) is 18.0 Å². The van der Waals surface area contributed by atoms with Gasteiger partial charge in [-0.15, -0.1) is 0 Å². The van der Waals surface area contributed by atoms with Gasteiger partial charge in [-0.3, -0.25) is 9.52 Å². The molecule has 1 heterocycles. The molecule has 0 amide bonds. The lowest BCUT2D eigenvalue weighted by atomic mass is 10.2. The number of aryl methyl sites for hydroxylation is 1. The highest BCUT2D eigenvalue weighted by atomic mass is 32.2. The molecule has 0 bridgehead atoms. The van der Waals surface area contributed by atoms with Gasteiger partial charge in [0.15, 0.2) is 0 Å². The first-order valence-corrected chi connectivity index (χ1v) is 7.47. The van der Waals surface area contributed by atoms with E-state index in [4.69, 9.17) is 0 Å². The number of hydrogen-bond donors (Lipinski definition) is 2. The summed E-state index contributed by atoms with van der Waals surface area (Å²) in [4.78, 5) is 13.0. The fourth-order valence-corrected chi connectivity index (χ4v) is 2.80. The Balaban J connectivity index is 2.38. The van der Waals surface area contributed by atoms with Crippen LogP contribution in [-0.4, -0.2) is 13.4 Å². The second-order valence-electron chi connectivity index (χ2n) is 4.53. The molecule has 1 aromatic carbocycles. The zero-order valence-corrected chi connectivity index (χ0v) is 12.0. The van der Waals surface area contributed by atoms with Gasteiger partial charge in [0.2, 0.25) is 0 Å². The van der Waals surface area contributed by atoms with Gasteiger partial charge in [-0.25, -0.2) is 8.42 Å². The fraction of sp³-hybridized carbons (Fsp3) is 0.154. The lowest BCUT2D eigenvalue weighted by Gasteiger charge is -2.11. The van der Waals surface area contributed by atoms with Gasteiger partial charge < -0.3 is 4.98 Å². The van der Waals surface area contributed by atoms with Crippen molar-refractivity contribution in [3.8, 4) is 0 Å². The molecule has 0 aliphatic rings. The standard InChI is InChI=1S/C13H11F3N2O3S/c1-8-5-10(7-17-12(8)19)18-22(20,21)11-4-2-3-9(6-11)13(14,15)16/h2-7,18H,1H3,(H,17,19). The van der Waals surface area contributed by atoms with E-state index in [1.54, 1.807) is 0 Å². The first-order valence-electron chi connectivity index (χ1n) is 5.99. The molecule has 0 atom stereocenters. The van der Waals surface area contributed by atoms with Gasteiger partial charge in [-0.2, -0.15) is 13.2 Å². The number of alkyl halides is 3. The third-order valence-corrected chi connectivity index (χ3v) is 4.19. The highest BCUT2D eigenvalue weighted by Crippen LogP contribution is 2.30. The number of nitrogens with one attached hydrogen (secondary N) is 2. The summed E-state index contributed by atoms with van der Waals surface area (Å²) in [6.45, 7) is 1.47. The number of aromatic amines is 1. The van der Waals surface area contributed by atoms with E-state index in [9.17, 15) is 26.4 Å². The van der Waals surface area contributed by atoms with E-state index in [1.807, 2.05) is 0 Å². The van der Waals surface area contributed by atoms with Crippen molar-refractivity contribution in [1.29, 1.82) is 0 Å². The van der Waals surface area contributed by atoms with Gasteiger partial charge in [0.05, 0.1) is 16.1 Å². The monoisotopic (exact) mass is 332 g/mol. The Morgan fingerprint density at radius 3 is 2.45 bits per heavy atom. The molecule has 0 saturated heterocycles. The van der Waals surface area contributed by atoms with Crippen molar-refractivity contribution >= 4 is 15.7 Å². The van der Waals surface area contributed by atoms with Crippen LogP contribution in [0.5, 0.6) is 0 Å². The molecule has 2 aromatic rings. The number of hydrogen-bond acceptors (Lipinski definition) is 3. The molecular formula is C13H11F3N2O3S. The molecule has 0 fully saturated rings. The summed E-state index contributed by atoms with van der Waals surface area (Å²) >= 11 is 0. The van der Waals surface area contributed by atoms with Crippen LogP contribution in [-0.2, 0) is 16.2 Å². The van der Waals surface area contributed by atoms with Crippen LogP contribution in [0.3, 0.4) is 0 Å². The van der Waals surface area contributed by atoms with E-state index >= 15 is 0 Å². The van der Waals surface area contributed by atoms with E-state index in [1.165, 1.54) is 13.0 Å². The third kappa shape index (κ3) is 3.48. The van der Waals surface area contributed by atoms with E-state index in [0.717, 1.165) is 24.4 Å². The minimum Gasteiger partial charge on any atom is -0.327 e.